The SMILES string of the molecule is Cn1c(C2CCCN2C(=O)c2ccccc2N2CCOCC2)nc2ccccc21. The minimum absolute atomic E-state index is 0.0117. The molecule has 2 aromatic carbocycles. The maximum absolute atomic E-state index is 13.7. The Bertz CT molecular complexity index is 1040. The summed E-state index contributed by atoms with van der Waals surface area (Å²) in [6.07, 6.45) is 1.95. The van der Waals surface area contributed by atoms with E-state index in [0.717, 1.165) is 60.6 Å². The molecule has 150 valence electrons. The second-order valence-electron chi connectivity index (χ2n) is 7.79. The molecule has 0 radical (unpaired) electrons. The van der Waals surface area contributed by atoms with E-state index in [-0.39, 0.29) is 11.9 Å². The van der Waals surface area contributed by atoms with Gasteiger partial charge in [-0.2, -0.15) is 0 Å². The molecule has 0 N–H and O–H groups in total. The molecule has 1 atom stereocenters. The molecule has 0 spiro atoms. The number of amides is 1. The lowest BCUT2D eigenvalue weighted by atomic mass is 10.1. The van der Waals surface area contributed by atoms with E-state index < -0.39 is 0 Å². The summed E-state index contributed by atoms with van der Waals surface area (Å²) < 4.78 is 7.63. The molecule has 1 amide bonds. The highest BCUT2D eigenvalue weighted by Gasteiger charge is 2.35. The van der Waals surface area contributed by atoms with Crippen molar-refractivity contribution in [1.82, 2.24) is 14.5 Å². The number of hydrogen-bond donors (Lipinski definition) is 0. The molecular weight excluding hydrogens is 364 g/mol. The van der Waals surface area contributed by atoms with E-state index in [0.29, 0.717) is 13.2 Å². The summed E-state index contributed by atoms with van der Waals surface area (Å²) in [4.78, 5) is 22.8. The Balaban J connectivity index is 1.49. The van der Waals surface area contributed by atoms with Crippen LogP contribution in [0.25, 0.3) is 11.0 Å². The van der Waals surface area contributed by atoms with Gasteiger partial charge >= 0.3 is 0 Å². The molecule has 0 bridgehead atoms. The van der Waals surface area contributed by atoms with Gasteiger partial charge in [-0.25, -0.2) is 4.98 Å². The molecular formula is C23H26N4O2. The van der Waals surface area contributed by atoms with Crippen molar-refractivity contribution < 1.29 is 9.53 Å². The van der Waals surface area contributed by atoms with Crippen molar-refractivity contribution in [2.24, 2.45) is 7.05 Å². The number of carbonyl (C=O) groups is 1. The molecule has 2 saturated heterocycles. The number of hydrogen-bond acceptors (Lipinski definition) is 4. The van der Waals surface area contributed by atoms with E-state index in [9.17, 15) is 4.79 Å². The first kappa shape index (κ1) is 18.2. The summed E-state index contributed by atoms with van der Waals surface area (Å²) in [6, 6.07) is 16.1. The second-order valence-corrected chi connectivity index (χ2v) is 7.79. The number of morpholine rings is 1. The van der Waals surface area contributed by atoms with Crippen LogP contribution in [0, 0.1) is 0 Å². The van der Waals surface area contributed by atoms with Gasteiger partial charge in [0.25, 0.3) is 5.91 Å². The van der Waals surface area contributed by atoms with Gasteiger partial charge in [0.1, 0.15) is 5.82 Å². The molecule has 2 fully saturated rings. The average molecular weight is 390 g/mol. The summed E-state index contributed by atoms with van der Waals surface area (Å²) in [7, 11) is 2.05. The summed E-state index contributed by atoms with van der Waals surface area (Å²) >= 11 is 0. The third kappa shape index (κ3) is 3.17. The van der Waals surface area contributed by atoms with Crippen LogP contribution in [-0.2, 0) is 11.8 Å². The summed E-state index contributed by atoms with van der Waals surface area (Å²) in [5, 5.41) is 0. The minimum atomic E-state index is 0.0117. The standard InChI is InChI=1S/C23H26N4O2/c1-25-20-10-5-3-8-18(20)24-22(25)21-11-6-12-27(21)23(28)17-7-2-4-9-19(17)26-13-15-29-16-14-26/h2-5,7-10,21H,6,11-16H2,1H3. The number of aromatic nitrogens is 2. The van der Waals surface area contributed by atoms with E-state index in [1.54, 1.807) is 0 Å². The Kier molecular flexibility index (Phi) is 4.72. The zero-order valence-electron chi connectivity index (χ0n) is 16.8. The quantitative estimate of drug-likeness (QED) is 0.688. The van der Waals surface area contributed by atoms with Crippen molar-refractivity contribution >= 4 is 22.6 Å². The first-order valence-electron chi connectivity index (χ1n) is 10.4. The van der Waals surface area contributed by atoms with Gasteiger partial charge in [0.2, 0.25) is 0 Å². The molecule has 1 aromatic heterocycles. The van der Waals surface area contributed by atoms with Gasteiger partial charge in [-0.1, -0.05) is 24.3 Å². The van der Waals surface area contributed by atoms with E-state index in [1.165, 1.54) is 0 Å². The van der Waals surface area contributed by atoms with Gasteiger partial charge in [0, 0.05) is 32.4 Å². The Labute approximate surface area is 170 Å². The molecule has 5 rings (SSSR count). The Hall–Kier alpha value is -2.86. The molecule has 3 heterocycles. The largest absolute Gasteiger partial charge is 0.378 e. The van der Waals surface area contributed by atoms with E-state index in [2.05, 4.69) is 21.6 Å². The fourth-order valence-corrected chi connectivity index (χ4v) is 4.63. The molecule has 2 aliphatic rings. The molecule has 0 aliphatic carbocycles. The number of benzene rings is 2. The average Bonchev–Trinajstić information content (AvgIpc) is 3.39. The Morgan fingerprint density at radius 2 is 1.79 bits per heavy atom. The van der Waals surface area contributed by atoms with Crippen LogP contribution in [-0.4, -0.2) is 53.2 Å². The van der Waals surface area contributed by atoms with Gasteiger partial charge < -0.3 is 19.1 Å². The van der Waals surface area contributed by atoms with E-state index in [1.807, 2.05) is 48.3 Å². The maximum atomic E-state index is 13.7. The number of anilines is 1. The zero-order valence-corrected chi connectivity index (χ0v) is 16.8. The number of likely N-dealkylation sites (tertiary alicyclic amines) is 1. The molecule has 29 heavy (non-hydrogen) atoms. The van der Waals surface area contributed by atoms with E-state index in [4.69, 9.17) is 9.72 Å². The fraction of sp³-hybridized carbons (Fsp3) is 0.391. The molecule has 6 nitrogen and oxygen atoms in total. The summed E-state index contributed by atoms with van der Waals surface area (Å²) in [6.45, 7) is 3.81. The Morgan fingerprint density at radius 1 is 1.03 bits per heavy atom. The van der Waals surface area contributed by atoms with Crippen LogP contribution in [0.1, 0.15) is 35.1 Å². The van der Waals surface area contributed by atoms with Crippen molar-refractivity contribution in [1.29, 1.82) is 0 Å². The second kappa shape index (κ2) is 7.52. The normalized spacial score (nSPS) is 19.8. The fourth-order valence-electron chi connectivity index (χ4n) is 4.63. The minimum Gasteiger partial charge on any atom is -0.378 e. The van der Waals surface area contributed by atoms with Gasteiger partial charge in [-0.15, -0.1) is 0 Å². The monoisotopic (exact) mass is 390 g/mol. The smallest absolute Gasteiger partial charge is 0.256 e. The van der Waals surface area contributed by atoms with Crippen LogP contribution in [0.15, 0.2) is 48.5 Å². The lowest BCUT2D eigenvalue weighted by Gasteiger charge is -2.32. The number of aryl methyl sites for hydroxylation is 1. The number of ether oxygens (including phenoxy) is 1. The summed E-state index contributed by atoms with van der Waals surface area (Å²) in [5.74, 6) is 1.07. The van der Waals surface area contributed by atoms with Crippen molar-refractivity contribution in [3.63, 3.8) is 0 Å². The number of fused-ring (bicyclic) bond motifs is 1. The van der Waals surface area contributed by atoms with Crippen molar-refractivity contribution in [3.8, 4) is 0 Å². The van der Waals surface area contributed by atoms with Crippen LogP contribution < -0.4 is 4.90 Å². The van der Waals surface area contributed by atoms with Crippen LogP contribution in [0.3, 0.4) is 0 Å². The first-order valence-corrected chi connectivity index (χ1v) is 10.4. The van der Waals surface area contributed by atoms with E-state index >= 15 is 0 Å². The van der Waals surface area contributed by atoms with Crippen LogP contribution >= 0.6 is 0 Å². The van der Waals surface area contributed by atoms with Gasteiger partial charge in [0.15, 0.2) is 0 Å². The Morgan fingerprint density at radius 3 is 2.62 bits per heavy atom. The van der Waals surface area contributed by atoms with Crippen molar-refractivity contribution in [2.75, 3.05) is 37.7 Å². The highest BCUT2D eigenvalue weighted by Crippen LogP contribution is 2.35. The summed E-state index contributed by atoms with van der Waals surface area (Å²) in [5.41, 5.74) is 3.88. The zero-order chi connectivity index (χ0) is 19.8. The molecule has 2 aliphatic heterocycles. The number of nitrogens with zero attached hydrogens (tertiary/aromatic N) is 4. The van der Waals surface area contributed by atoms with Crippen LogP contribution in [0.2, 0.25) is 0 Å². The number of para-hydroxylation sites is 3. The predicted octanol–water partition coefficient (Wildman–Crippen LogP) is 3.39. The van der Waals surface area contributed by atoms with Crippen LogP contribution in [0.4, 0.5) is 5.69 Å². The molecule has 1 unspecified atom stereocenters. The third-order valence-corrected chi connectivity index (χ3v) is 6.12. The van der Waals surface area contributed by atoms with Crippen LogP contribution in [0.5, 0.6) is 0 Å². The molecule has 6 heteroatoms. The predicted molar refractivity (Wildman–Crippen MR) is 113 cm³/mol. The first-order chi connectivity index (χ1) is 14.2. The molecule has 3 aromatic rings. The van der Waals surface area contributed by atoms with Gasteiger partial charge in [-0.05, 0) is 37.1 Å². The number of imidazole rings is 1. The maximum Gasteiger partial charge on any atom is 0.256 e. The van der Waals surface area contributed by atoms with Gasteiger partial charge in [0.05, 0.1) is 35.9 Å². The number of carbonyl (C=O) groups excluding carboxylic acids is 1. The third-order valence-electron chi connectivity index (χ3n) is 6.12. The highest BCUT2D eigenvalue weighted by atomic mass is 16.5. The van der Waals surface area contributed by atoms with Crippen molar-refractivity contribution in [2.45, 2.75) is 18.9 Å². The van der Waals surface area contributed by atoms with Crippen molar-refractivity contribution in [3.05, 3.63) is 59.9 Å². The highest BCUT2D eigenvalue weighted by molar-refractivity contribution is 6.00. The number of rotatable bonds is 3. The topological polar surface area (TPSA) is 50.6 Å². The lowest BCUT2D eigenvalue weighted by Crippen LogP contribution is -2.38. The lowest BCUT2D eigenvalue weighted by molar-refractivity contribution is 0.0728. The molecule has 0 saturated carbocycles. The van der Waals surface area contributed by atoms with Gasteiger partial charge in [-0.3, -0.25) is 4.79 Å².